The molecular weight excluding hydrogens is 289 g/mol. The molecule has 0 bridgehead atoms. The van der Waals surface area contributed by atoms with Gasteiger partial charge in [-0.3, -0.25) is 9.82 Å². The Labute approximate surface area is 113 Å². The topological polar surface area (TPSA) is 133 Å². The van der Waals surface area contributed by atoms with Crippen LogP contribution in [0.15, 0.2) is 40.5 Å². The number of anilines is 1. The number of aromatic nitrogens is 2. The van der Waals surface area contributed by atoms with Gasteiger partial charge >= 0.3 is 0 Å². The Bertz CT molecular complexity index is 739. The second kappa shape index (κ2) is 5.17. The number of oxime groups is 1. The van der Waals surface area contributed by atoms with E-state index in [0.29, 0.717) is 0 Å². The molecule has 0 amide bonds. The first-order chi connectivity index (χ1) is 9.44. The molecule has 2 rings (SSSR count). The van der Waals surface area contributed by atoms with Crippen LogP contribution in [0.3, 0.4) is 0 Å². The van der Waals surface area contributed by atoms with Gasteiger partial charge in [0.05, 0.1) is 16.7 Å². The number of rotatable bonds is 4. The van der Waals surface area contributed by atoms with Crippen molar-refractivity contribution in [3.05, 3.63) is 41.8 Å². The Morgan fingerprint density at radius 1 is 1.40 bits per heavy atom. The number of nitrogens with zero attached hydrogens (tertiary/aromatic N) is 2. The number of H-pyrrole nitrogens is 1. The molecule has 8 nitrogen and oxygen atoms in total. The van der Waals surface area contributed by atoms with Crippen LogP contribution in [0.4, 0.5) is 10.2 Å². The van der Waals surface area contributed by atoms with Gasteiger partial charge in [-0.05, 0) is 24.3 Å². The summed E-state index contributed by atoms with van der Waals surface area (Å²) in [5.41, 5.74) is 5.45. The van der Waals surface area contributed by atoms with Gasteiger partial charge in [-0.2, -0.15) is 5.10 Å². The molecular formula is C10H10FN5O3S. The molecule has 106 valence electrons. The van der Waals surface area contributed by atoms with Gasteiger partial charge in [0.25, 0.3) is 10.0 Å². The van der Waals surface area contributed by atoms with E-state index in [1.165, 1.54) is 6.20 Å². The van der Waals surface area contributed by atoms with Gasteiger partial charge in [-0.25, -0.2) is 12.8 Å². The molecule has 0 aliphatic carbocycles. The predicted octanol–water partition coefficient (Wildman–Crippen LogP) is 0.444. The molecule has 0 saturated carbocycles. The van der Waals surface area contributed by atoms with Crippen molar-refractivity contribution in [3.8, 4) is 0 Å². The maximum absolute atomic E-state index is 12.8. The number of nitrogens with one attached hydrogen (secondary N) is 2. The number of sulfonamides is 1. The summed E-state index contributed by atoms with van der Waals surface area (Å²) in [6.07, 6.45) is 1.19. The van der Waals surface area contributed by atoms with Gasteiger partial charge in [-0.1, -0.05) is 5.16 Å². The summed E-state index contributed by atoms with van der Waals surface area (Å²) in [4.78, 5) is -0.140. The van der Waals surface area contributed by atoms with E-state index < -0.39 is 15.8 Å². The van der Waals surface area contributed by atoms with Gasteiger partial charge in [0.1, 0.15) is 11.6 Å². The monoisotopic (exact) mass is 299 g/mol. The molecule has 0 aliphatic rings. The number of aromatic amines is 1. The fourth-order valence-corrected chi connectivity index (χ4v) is 2.46. The molecule has 1 heterocycles. The molecule has 0 fully saturated rings. The van der Waals surface area contributed by atoms with Crippen molar-refractivity contribution in [2.24, 2.45) is 10.9 Å². The number of hydrogen-bond acceptors (Lipinski definition) is 5. The minimum Gasteiger partial charge on any atom is -0.409 e. The Morgan fingerprint density at radius 2 is 2.05 bits per heavy atom. The van der Waals surface area contributed by atoms with E-state index in [9.17, 15) is 12.8 Å². The van der Waals surface area contributed by atoms with E-state index in [1.807, 2.05) is 0 Å². The Morgan fingerprint density at radius 3 is 2.65 bits per heavy atom. The summed E-state index contributed by atoms with van der Waals surface area (Å²) < 4.78 is 39.1. The first kappa shape index (κ1) is 13.8. The molecule has 10 heteroatoms. The zero-order valence-electron chi connectivity index (χ0n) is 9.91. The van der Waals surface area contributed by atoms with Crippen LogP contribution in [0.5, 0.6) is 0 Å². The Balaban J connectivity index is 2.34. The van der Waals surface area contributed by atoms with Crippen molar-refractivity contribution in [1.29, 1.82) is 0 Å². The van der Waals surface area contributed by atoms with Crippen LogP contribution in [0.2, 0.25) is 0 Å². The molecule has 1 aromatic carbocycles. The van der Waals surface area contributed by atoms with E-state index in [0.717, 1.165) is 24.3 Å². The minimum absolute atomic E-state index is 0.0652. The number of benzene rings is 1. The first-order valence-corrected chi connectivity index (χ1v) is 6.72. The highest BCUT2D eigenvalue weighted by molar-refractivity contribution is 7.92. The zero-order valence-corrected chi connectivity index (χ0v) is 10.7. The molecule has 1 aromatic heterocycles. The Hall–Kier alpha value is -2.62. The van der Waals surface area contributed by atoms with Crippen LogP contribution in [-0.4, -0.2) is 29.7 Å². The highest BCUT2D eigenvalue weighted by Gasteiger charge is 2.18. The summed E-state index contributed by atoms with van der Waals surface area (Å²) in [6.45, 7) is 0. The average Bonchev–Trinajstić information content (AvgIpc) is 2.85. The molecule has 0 unspecified atom stereocenters. The van der Waals surface area contributed by atoms with E-state index in [1.54, 1.807) is 0 Å². The first-order valence-electron chi connectivity index (χ1n) is 5.23. The summed E-state index contributed by atoms with van der Waals surface area (Å²) in [5, 5.41) is 17.3. The van der Waals surface area contributed by atoms with Crippen LogP contribution in [0.1, 0.15) is 5.56 Å². The molecule has 2 aromatic rings. The van der Waals surface area contributed by atoms with Crippen molar-refractivity contribution < 1.29 is 18.0 Å². The van der Waals surface area contributed by atoms with Crippen LogP contribution >= 0.6 is 0 Å². The summed E-state index contributed by atoms with van der Waals surface area (Å²) in [7, 11) is -3.94. The zero-order chi connectivity index (χ0) is 14.8. The number of amidine groups is 1. The smallest absolute Gasteiger partial charge is 0.263 e. The van der Waals surface area contributed by atoms with Crippen LogP contribution in [-0.2, 0) is 10.0 Å². The third-order valence-electron chi connectivity index (χ3n) is 2.38. The second-order valence-electron chi connectivity index (χ2n) is 3.70. The summed E-state index contributed by atoms with van der Waals surface area (Å²) >= 11 is 0. The van der Waals surface area contributed by atoms with Crippen LogP contribution in [0.25, 0.3) is 0 Å². The van der Waals surface area contributed by atoms with Gasteiger partial charge < -0.3 is 10.9 Å². The number of nitrogens with two attached hydrogens (primary N) is 1. The highest BCUT2D eigenvalue weighted by Crippen LogP contribution is 2.17. The van der Waals surface area contributed by atoms with Gasteiger partial charge in [-0.15, -0.1) is 0 Å². The lowest BCUT2D eigenvalue weighted by atomic mass is 10.3. The molecule has 0 radical (unpaired) electrons. The van der Waals surface area contributed by atoms with E-state index >= 15 is 0 Å². The average molecular weight is 299 g/mol. The van der Waals surface area contributed by atoms with Crippen molar-refractivity contribution in [1.82, 2.24) is 10.2 Å². The number of halogens is 1. The van der Waals surface area contributed by atoms with E-state index in [-0.39, 0.29) is 22.1 Å². The molecule has 0 spiro atoms. The molecule has 5 N–H and O–H groups in total. The van der Waals surface area contributed by atoms with Gasteiger partial charge in [0.2, 0.25) is 0 Å². The largest absolute Gasteiger partial charge is 0.409 e. The normalized spacial score (nSPS) is 12.3. The van der Waals surface area contributed by atoms with Crippen LogP contribution in [0, 0.1) is 5.82 Å². The molecule has 0 atom stereocenters. The predicted molar refractivity (Wildman–Crippen MR) is 68.3 cm³/mol. The molecule has 0 saturated heterocycles. The SMILES string of the molecule is NC(=NO)c1cn[nH]c1NS(=O)(=O)c1ccc(F)cc1. The lowest BCUT2D eigenvalue weighted by Gasteiger charge is -2.07. The molecule has 0 aliphatic heterocycles. The molecule has 20 heavy (non-hydrogen) atoms. The third-order valence-corrected chi connectivity index (χ3v) is 3.75. The van der Waals surface area contributed by atoms with Gasteiger partial charge in [0, 0.05) is 0 Å². The summed E-state index contributed by atoms with van der Waals surface area (Å²) in [5.74, 6) is -0.928. The minimum atomic E-state index is -3.94. The van der Waals surface area contributed by atoms with E-state index in [2.05, 4.69) is 20.1 Å². The van der Waals surface area contributed by atoms with Crippen molar-refractivity contribution in [3.63, 3.8) is 0 Å². The maximum Gasteiger partial charge on any atom is 0.263 e. The maximum atomic E-state index is 12.8. The standard InChI is InChI=1S/C10H10FN5O3S/c11-6-1-3-7(4-2-6)20(18,19)16-10-8(5-13-14-10)9(12)15-17/h1-5,17H,(H2,12,15)(H2,13,14,16). The van der Waals surface area contributed by atoms with Crippen molar-refractivity contribution >= 4 is 21.7 Å². The summed E-state index contributed by atoms with van der Waals surface area (Å²) in [6, 6.07) is 4.26. The van der Waals surface area contributed by atoms with Crippen molar-refractivity contribution in [2.75, 3.05) is 4.72 Å². The fourth-order valence-electron chi connectivity index (χ4n) is 1.42. The fraction of sp³-hybridized carbons (Fsp3) is 0. The highest BCUT2D eigenvalue weighted by atomic mass is 32.2. The second-order valence-corrected chi connectivity index (χ2v) is 5.39. The van der Waals surface area contributed by atoms with Crippen molar-refractivity contribution in [2.45, 2.75) is 4.90 Å². The van der Waals surface area contributed by atoms with Crippen LogP contribution < -0.4 is 10.5 Å². The van der Waals surface area contributed by atoms with Gasteiger partial charge in [0.15, 0.2) is 5.84 Å². The lowest BCUT2D eigenvalue weighted by molar-refractivity contribution is 0.318. The third kappa shape index (κ3) is 2.69. The van der Waals surface area contributed by atoms with E-state index in [4.69, 9.17) is 10.9 Å². The quantitative estimate of drug-likeness (QED) is 0.281. The lowest BCUT2D eigenvalue weighted by Crippen LogP contribution is -2.18. The Kier molecular flexibility index (Phi) is 3.57. The number of hydrogen-bond donors (Lipinski definition) is 4.